The van der Waals surface area contributed by atoms with Crippen molar-refractivity contribution in [1.82, 2.24) is 5.43 Å². The number of nitrogens with one attached hydrogen (secondary N) is 1. The molecule has 2 rings (SSSR count). The quantitative estimate of drug-likeness (QED) is 0.561. The van der Waals surface area contributed by atoms with Crippen LogP contribution in [0.3, 0.4) is 0 Å². The molecule has 0 aliphatic rings. The van der Waals surface area contributed by atoms with E-state index >= 15 is 0 Å². The number of carbonyl (C=O) groups excluding carboxylic acids is 1. The molecule has 0 saturated heterocycles. The molecular weight excluding hydrogens is 360 g/mol. The molecule has 0 heterocycles. The summed E-state index contributed by atoms with van der Waals surface area (Å²) in [6, 6.07) is 12.9. The van der Waals surface area contributed by atoms with E-state index in [4.69, 9.17) is 21.1 Å². The van der Waals surface area contributed by atoms with Crippen LogP contribution in [0, 0.1) is 0 Å². The van der Waals surface area contributed by atoms with Crippen molar-refractivity contribution in [2.75, 3.05) is 20.0 Å². The van der Waals surface area contributed by atoms with Gasteiger partial charge in [0.05, 0.1) is 26.2 Å². The predicted molar refractivity (Wildman–Crippen MR) is 103 cm³/mol. The van der Waals surface area contributed by atoms with E-state index in [1.54, 1.807) is 32.6 Å². The molecular formula is C18H19ClN2O3S. The molecule has 1 N–H and O–H groups in total. The van der Waals surface area contributed by atoms with Crippen LogP contribution in [0.1, 0.15) is 11.1 Å². The summed E-state index contributed by atoms with van der Waals surface area (Å²) >= 11 is 7.35. The number of methoxy groups -OCH3 is 2. The zero-order valence-corrected chi connectivity index (χ0v) is 15.6. The zero-order chi connectivity index (χ0) is 18.1. The first kappa shape index (κ1) is 19.1. The molecule has 132 valence electrons. The summed E-state index contributed by atoms with van der Waals surface area (Å²) in [4.78, 5) is 11.8. The summed E-state index contributed by atoms with van der Waals surface area (Å²) in [6.07, 6.45) is 1.54. The summed E-state index contributed by atoms with van der Waals surface area (Å²) < 4.78 is 10.4. The number of benzene rings is 2. The van der Waals surface area contributed by atoms with Gasteiger partial charge in [-0.1, -0.05) is 23.7 Å². The lowest BCUT2D eigenvalue weighted by atomic mass is 10.2. The molecule has 5 nitrogen and oxygen atoms in total. The summed E-state index contributed by atoms with van der Waals surface area (Å²) in [5.41, 5.74) is 4.37. The first-order valence-corrected chi connectivity index (χ1v) is 9.01. The number of nitrogens with zero attached hydrogens (tertiary/aromatic N) is 1. The highest BCUT2D eigenvalue weighted by molar-refractivity contribution is 7.99. The fourth-order valence-electron chi connectivity index (χ4n) is 1.97. The van der Waals surface area contributed by atoms with Gasteiger partial charge in [-0.3, -0.25) is 4.79 Å². The molecule has 0 aliphatic heterocycles. The number of ether oxygens (including phenoxy) is 2. The van der Waals surface area contributed by atoms with Crippen molar-refractivity contribution >= 4 is 35.5 Å². The van der Waals surface area contributed by atoms with Gasteiger partial charge in [-0.15, -0.1) is 11.8 Å². The molecule has 2 aromatic carbocycles. The third-order valence-electron chi connectivity index (χ3n) is 3.25. The average molecular weight is 379 g/mol. The maximum absolute atomic E-state index is 11.8. The predicted octanol–water partition coefficient (Wildman–Crippen LogP) is 3.74. The number of rotatable bonds is 8. The van der Waals surface area contributed by atoms with Crippen molar-refractivity contribution in [3.8, 4) is 11.5 Å². The van der Waals surface area contributed by atoms with Gasteiger partial charge in [0, 0.05) is 22.4 Å². The Morgan fingerprint density at radius 2 is 1.96 bits per heavy atom. The minimum Gasteiger partial charge on any atom is -0.497 e. The number of thioether (sulfide) groups is 1. The molecule has 0 bridgehead atoms. The topological polar surface area (TPSA) is 59.9 Å². The van der Waals surface area contributed by atoms with Crippen molar-refractivity contribution in [1.29, 1.82) is 0 Å². The number of halogens is 1. The third-order valence-corrected chi connectivity index (χ3v) is 4.50. The minimum absolute atomic E-state index is 0.164. The molecule has 2 aromatic rings. The van der Waals surface area contributed by atoms with E-state index in [-0.39, 0.29) is 5.91 Å². The lowest BCUT2D eigenvalue weighted by Crippen LogP contribution is -2.19. The van der Waals surface area contributed by atoms with Crippen molar-refractivity contribution in [3.05, 3.63) is 58.6 Å². The van der Waals surface area contributed by atoms with Crippen molar-refractivity contribution in [2.45, 2.75) is 5.75 Å². The van der Waals surface area contributed by atoms with E-state index in [9.17, 15) is 4.79 Å². The van der Waals surface area contributed by atoms with Gasteiger partial charge < -0.3 is 9.47 Å². The van der Waals surface area contributed by atoms with Crippen LogP contribution in [-0.2, 0) is 10.5 Å². The van der Waals surface area contributed by atoms with E-state index in [1.807, 2.05) is 30.3 Å². The molecule has 0 aromatic heterocycles. The van der Waals surface area contributed by atoms with Crippen LogP contribution in [-0.4, -0.2) is 32.1 Å². The standard InChI is InChI=1S/C18H19ClN2O3S/c1-23-16-8-5-14(17(9-16)24-2)10-20-21-18(22)12-25-11-13-3-6-15(19)7-4-13/h3-10H,11-12H2,1-2H3,(H,21,22). The average Bonchev–Trinajstić information content (AvgIpc) is 2.63. The first-order valence-electron chi connectivity index (χ1n) is 7.48. The highest BCUT2D eigenvalue weighted by Gasteiger charge is 2.04. The largest absolute Gasteiger partial charge is 0.497 e. The van der Waals surface area contributed by atoms with Crippen LogP contribution >= 0.6 is 23.4 Å². The van der Waals surface area contributed by atoms with Crippen molar-refractivity contribution in [2.24, 2.45) is 5.10 Å². The number of amides is 1. The Balaban J connectivity index is 1.79. The molecule has 25 heavy (non-hydrogen) atoms. The summed E-state index contributed by atoms with van der Waals surface area (Å²) in [6.45, 7) is 0. The van der Waals surface area contributed by atoms with Crippen LogP contribution in [0.4, 0.5) is 0 Å². The molecule has 0 fully saturated rings. The molecule has 0 atom stereocenters. The second-order valence-electron chi connectivity index (χ2n) is 5.02. The smallest absolute Gasteiger partial charge is 0.250 e. The van der Waals surface area contributed by atoms with Gasteiger partial charge in [0.1, 0.15) is 11.5 Å². The molecule has 0 unspecified atom stereocenters. The van der Waals surface area contributed by atoms with Crippen molar-refractivity contribution in [3.63, 3.8) is 0 Å². The Hall–Kier alpha value is -2.18. The number of hydrogen-bond acceptors (Lipinski definition) is 5. The van der Waals surface area contributed by atoms with Crippen LogP contribution < -0.4 is 14.9 Å². The van der Waals surface area contributed by atoms with E-state index in [0.717, 1.165) is 16.9 Å². The number of hydrogen-bond donors (Lipinski definition) is 1. The second-order valence-corrected chi connectivity index (χ2v) is 6.44. The van der Waals surface area contributed by atoms with Crippen LogP contribution in [0.25, 0.3) is 0 Å². The minimum atomic E-state index is -0.164. The summed E-state index contributed by atoms with van der Waals surface area (Å²) in [5, 5.41) is 4.67. The Morgan fingerprint density at radius 1 is 1.20 bits per heavy atom. The highest BCUT2D eigenvalue weighted by atomic mass is 35.5. The molecule has 1 amide bonds. The van der Waals surface area contributed by atoms with Gasteiger partial charge in [-0.05, 0) is 29.8 Å². The molecule has 0 saturated carbocycles. The second kappa shape index (κ2) is 9.96. The summed E-state index contributed by atoms with van der Waals surface area (Å²) in [5.74, 6) is 2.20. The number of hydrazone groups is 1. The lowest BCUT2D eigenvalue weighted by molar-refractivity contribution is -0.118. The Kier molecular flexibility index (Phi) is 7.63. The van der Waals surface area contributed by atoms with Crippen LogP contribution in [0.2, 0.25) is 5.02 Å². The fourth-order valence-corrected chi connectivity index (χ4v) is 2.88. The maximum Gasteiger partial charge on any atom is 0.250 e. The van der Waals surface area contributed by atoms with Gasteiger partial charge in [0.2, 0.25) is 5.91 Å². The third kappa shape index (κ3) is 6.32. The Morgan fingerprint density at radius 3 is 2.64 bits per heavy atom. The van der Waals surface area contributed by atoms with Gasteiger partial charge in [-0.2, -0.15) is 5.10 Å². The van der Waals surface area contributed by atoms with E-state index < -0.39 is 0 Å². The lowest BCUT2D eigenvalue weighted by Gasteiger charge is -2.07. The van der Waals surface area contributed by atoms with Gasteiger partial charge in [-0.25, -0.2) is 5.43 Å². The van der Waals surface area contributed by atoms with Crippen LogP contribution in [0.15, 0.2) is 47.6 Å². The zero-order valence-electron chi connectivity index (χ0n) is 14.0. The molecule has 7 heteroatoms. The van der Waals surface area contributed by atoms with Crippen LogP contribution in [0.5, 0.6) is 11.5 Å². The SMILES string of the molecule is COc1ccc(C=NNC(=O)CSCc2ccc(Cl)cc2)c(OC)c1. The van der Waals surface area contributed by atoms with Crippen molar-refractivity contribution < 1.29 is 14.3 Å². The van der Waals surface area contributed by atoms with E-state index in [1.165, 1.54) is 11.8 Å². The maximum atomic E-state index is 11.8. The molecule has 0 aliphatic carbocycles. The highest BCUT2D eigenvalue weighted by Crippen LogP contribution is 2.23. The fraction of sp³-hybridized carbons (Fsp3) is 0.222. The summed E-state index contributed by atoms with van der Waals surface area (Å²) in [7, 11) is 3.16. The number of carbonyl (C=O) groups is 1. The Labute approximate surface area is 156 Å². The normalized spacial score (nSPS) is 10.7. The first-order chi connectivity index (χ1) is 12.1. The van der Waals surface area contributed by atoms with Gasteiger partial charge in [0.15, 0.2) is 0 Å². The van der Waals surface area contributed by atoms with Gasteiger partial charge in [0.25, 0.3) is 0 Å². The van der Waals surface area contributed by atoms with Gasteiger partial charge >= 0.3 is 0 Å². The van der Waals surface area contributed by atoms with E-state index in [0.29, 0.717) is 22.3 Å². The molecule has 0 spiro atoms. The molecule has 0 radical (unpaired) electrons. The Bertz CT molecular complexity index is 736. The van der Waals surface area contributed by atoms with E-state index in [2.05, 4.69) is 10.5 Å². The monoisotopic (exact) mass is 378 g/mol.